The van der Waals surface area contributed by atoms with Gasteiger partial charge in [0.1, 0.15) is 6.61 Å². The Kier molecular flexibility index (Phi) is 5.65. The summed E-state index contributed by atoms with van der Waals surface area (Å²) < 4.78 is 45.3. The van der Waals surface area contributed by atoms with Crippen molar-refractivity contribution in [2.75, 3.05) is 31.1 Å². The van der Waals surface area contributed by atoms with E-state index in [9.17, 15) is 22.8 Å². The standard InChI is InChI=1S/C22H19F3N4O3/c23-22(24,25)19-10-17(7-6-16(19)11-26)29-13-18-12-27(8-9-28(18)20(29)30)21(31)32-14-15-4-2-1-3-5-15/h1-7,10,18H,8-9,12-14H2/t18-/m0/s1. The van der Waals surface area contributed by atoms with Gasteiger partial charge in [0.2, 0.25) is 0 Å². The second kappa shape index (κ2) is 8.42. The van der Waals surface area contributed by atoms with Crippen LogP contribution in [0.2, 0.25) is 0 Å². The van der Waals surface area contributed by atoms with Gasteiger partial charge >= 0.3 is 18.3 Å². The summed E-state index contributed by atoms with van der Waals surface area (Å²) in [5.74, 6) is 0. The maximum Gasteiger partial charge on any atom is 0.417 e. The maximum absolute atomic E-state index is 13.3. The molecule has 0 unspecified atom stereocenters. The van der Waals surface area contributed by atoms with Gasteiger partial charge in [0.05, 0.1) is 23.2 Å². The molecule has 2 aromatic rings. The van der Waals surface area contributed by atoms with Gasteiger partial charge in [0.15, 0.2) is 0 Å². The molecule has 0 aliphatic carbocycles. The van der Waals surface area contributed by atoms with Crippen LogP contribution in [0.3, 0.4) is 0 Å². The van der Waals surface area contributed by atoms with Crippen molar-refractivity contribution in [3.8, 4) is 6.07 Å². The number of piperazine rings is 1. The fraction of sp³-hybridized carbons (Fsp3) is 0.318. The Morgan fingerprint density at radius 2 is 1.88 bits per heavy atom. The number of ether oxygens (including phenoxy) is 1. The van der Waals surface area contributed by atoms with Crippen LogP contribution in [0.1, 0.15) is 16.7 Å². The Hall–Kier alpha value is -3.74. The Balaban J connectivity index is 1.45. The van der Waals surface area contributed by atoms with Crippen LogP contribution < -0.4 is 4.90 Å². The fourth-order valence-electron chi connectivity index (χ4n) is 3.93. The Morgan fingerprint density at radius 1 is 1.12 bits per heavy atom. The third kappa shape index (κ3) is 4.19. The van der Waals surface area contributed by atoms with E-state index in [0.717, 1.165) is 17.7 Å². The molecule has 0 bridgehead atoms. The molecule has 7 nitrogen and oxygen atoms in total. The summed E-state index contributed by atoms with van der Waals surface area (Å²) in [4.78, 5) is 29.6. The van der Waals surface area contributed by atoms with Crippen LogP contribution >= 0.6 is 0 Å². The van der Waals surface area contributed by atoms with Gasteiger partial charge in [0, 0.05) is 31.9 Å². The molecule has 2 aliphatic heterocycles. The van der Waals surface area contributed by atoms with Gasteiger partial charge in [-0.2, -0.15) is 18.4 Å². The largest absolute Gasteiger partial charge is 0.445 e. The van der Waals surface area contributed by atoms with Crippen molar-refractivity contribution in [1.82, 2.24) is 9.80 Å². The van der Waals surface area contributed by atoms with Gasteiger partial charge < -0.3 is 14.5 Å². The van der Waals surface area contributed by atoms with Crippen LogP contribution in [0.4, 0.5) is 28.4 Å². The summed E-state index contributed by atoms with van der Waals surface area (Å²) in [6.45, 7) is 0.998. The van der Waals surface area contributed by atoms with Crippen molar-refractivity contribution < 1.29 is 27.5 Å². The normalized spacial score (nSPS) is 18.4. The summed E-state index contributed by atoms with van der Waals surface area (Å²) >= 11 is 0. The lowest BCUT2D eigenvalue weighted by Crippen LogP contribution is -2.53. The van der Waals surface area contributed by atoms with E-state index in [0.29, 0.717) is 0 Å². The topological polar surface area (TPSA) is 76.9 Å². The van der Waals surface area contributed by atoms with Gasteiger partial charge in [-0.15, -0.1) is 0 Å². The SMILES string of the molecule is N#Cc1ccc(N2C[C@@H]3CN(C(=O)OCc4ccccc4)CCN3C2=O)cc1C(F)(F)F. The van der Waals surface area contributed by atoms with Gasteiger partial charge in [-0.3, -0.25) is 4.90 Å². The van der Waals surface area contributed by atoms with E-state index in [1.807, 2.05) is 30.3 Å². The number of halogens is 3. The van der Waals surface area contributed by atoms with Gasteiger partial charge in [-0.05, 0) is 23.8 Å². The second-order valence-corrected chi connectivity index (χ2v) is 7.57. The highest BCUT2D eigenvalue weighted by Crippen LogP contribution is 2.36. The van der Waals surface area contributed by atoms with Crippen molar-refractivity contribution in [3.05, 3.63) is 65.2 Å². The fourth-order valence-corrected chi connectivity index (χ4v) is 3.93. The minimum Gasteiger partial charge on any atom is -0.445 e. The molecule has 2 aliphatic rings. The number of alkyl halides is 3. The van der Waals surface area contributed by atoms with Gasteiger partial charge in [-0.1, -0.05) is 30.3 Å². The highest BCUT2D eigenvalue weighted by molar-refractivity contribution is 5.95. The number of carbonyl (C=O) groups excluding carboxylic acids is 2. The number of fused-ring (bicyclic) bond motifs is 1. The van der Waals surface area contributed by atoms with Crippen LogP contribution in [-0.2, 0) is 17.5 Å². The molecule has 0 N–H and O–H groups in total. The first kappa shape index (κ1) is 21.5. The van der Waals surface area contributed by atoms with Gasteiger partial charge in [0.25, 0.3) is 0 Å². The van der Waals surface area contributed by atoms with Crippen molar-refractivity contribution in [2.45, 2.75) is 18.8 Å². The predicted molar refractivity (Wildman–Crippen MR) is 108 cm³/mol. The average Bonchev–Trinajstić information content (AvgIpc) is 3.13. The zero-order valence-corrected chi connectivity index (χ0v) is 16.9. The van der Waals surface area contributed by atoms with E-state index in [-0.39, 0.29) is 44.5 Å². The number of amides is 3. The van der Waals surface area contributed by atoms with Crippen molar-refractivity contribution >= 4 is 17.8 Å². The summed E-state index contributed by atoms with van der Waals surface area (Å²) in [6, 6.07) is 13.2. The molecule has 0 aromatic heterocycles. The smallest absolute Gasteiger partial charge is 0.417 e. The number of carbonyl (C=O) groups is 2. The maximum atomic E-state index is 13.3. The number of nitriles is 1. The first-order valence-electron chi connectivity index (χ1n) is 9.93. The highest BCUT2D eigenvalue weighted by atomic mass is 19.4. The van der Waals surface area contributed by atoms with Crippen LogP contribution in [0.25, 0.3) is 0 Å². The first-order valence-corrected chi connectivity index (χ1v) is 9.93. The molecule has 2 heterocycles. The van der Waals surface area contributed by atoms with Gasteiger partial charge in [-0.25, -0.2) is 9.59 Å². The van der Waals surface area contributed by atoms with E-state index in [1.165, 1.54) is 21.9 Å². The number of anilines is 1. The first-order chi connectivity index (χ1) is 15.3. The molecule has 0 spiro atoms. The van der Waals surface area contributed by atoms with Crippen LogP contribution in [0.5, 0.6) is 0 Å². The van der Waals surface area contributed by atoms with E-state index in [4.69, 9.17) is 10.00 Å². The molecule has 0 radical (unpaired) electrons. The van der Waals surface area contributed by atoms with Crippen molar-refractivity contribution in [3.63, 3.8) is 0 Å². The highest BCUT2D eigenvalue weighted by Gasteiger charge is 2.43. The van der Waals surface area contributed by atoms with E-state index in [2.05, 4.69) is 0 Å². The number of rotatable bonds is 3. The molecular weight excluding hydrogens is 425 g/mol. The zero-order chi connectivity index (χ0) is 22.9. The van der Waals surface area contributed by atoms with Crippen LogP contribution in [0.15, 0.2) is 48.5 Å². The lowest BCUT2D eigenvalue weighted by atomic mass is 10.1. The van der Waals surface area contributed by atoms with E-state index in [1.54, 1.807) is 4.90 Å². The molecule has 32 heavy (non-hydrogen) atoms. The van der Waals surface area contributed by atoms with Crippen molar-refractivity contribution in [2.24, 2.45) is 0 Å². The third-order valence-electron chi connectivity index (χ3n) is 5.56. The average molecular weight is 444 g/mol. The monoisotopic (exact) mass is 444 g/mol. The molecule has 2 saturated heterocycles. The number of urea groups is 1. The Bertz CT molecular complexity index is 1070. The van der Waals surface area contributed by atoms with Crippen molar-refractivity contribution in [1.29, 1.82) is 5.26 Å². The van der Waals surface area contributed by atoms with E-state index >= 15 is 0 Å². The summed E-state index contributed by atoms with van der Waals surface area (Å²) in [5, 5.41) is 8.97. The molecule has 2 aromatic carbocycles. The van der Waals surface area contributed by atoms with Crippen LogP contribution in [-0.4, -0.2) is 54.1 Å². The molecule has 10 heteroatoms. The molecule has 166 valence electrons. The summed E-state index contributed by atoms with van der Waals surface area (Å²) in [5.41, 5.74) is -0.670. The lowest BCUT2D eigenvalue weighted by Gasteiger charge is -2.35. The Morgan fingerprint density at radius 3 is 2.56 bits per heavy atom. The Labute approximate surface area is 182 Å². The number of benzene rings is 2. The quantitative estimate of drug-likeness (QED) is 0.721. The molecule has 1 atom stereocenters. The number of nitrogens with zero attached hydrogens (tertiary/aromatic N) is 4. The molecule has 2 fully saturated rings. The lowest BCUT2D eigenvalue weighted by molar-refractivity contribution is -0.137. The third-order valence-corrected chi connectivity index (χ3v) is 5.56. The second-order valence-electron chi connectivity index (χ2n) is 7.57. The molecule has 4 rings (SSSR count). The summed E-state index contributed by atoms with van der Waals surface area (Å²) in [7, 11) is 0. The summed E-state index contributed by atoms with van der Waals surface area (Å²) in [6.07, 6.45) is -5.21. The predicted octanol–water partition coefficient (Wildman–Crippen LogP) is 3.84. The molecule has 3 amide bonds. The minimum absolute atomic E-state index is 0.0638. The minimum atomic E-state index is -4.71. The number of hydrogen-bond donors (Lipinski definition) is 0. The molecule has 0 saturated carbocycles. The van der Waals surface area contributed by atoms with Crippen LogP contribution in [0, 0.1) is 11.3 Å². The van der Waals surface area contributed by atoms with E-state index < -0.39 is 29.4 Å². The molecular formula is C22H19F3N4O3. The zero-order valence-electron chi connectivity index (χ0n) is 16.9. The number of hydrogen-bond acceptors (Lipinski definition) is 4.